The minimum absolute atomic E-state index is 0.173. The van der Waals surface area contributed by atoms with Gasteiger partial charge >= 0.3 is 5.97 Å². The predicted molar refractivity (Wildman–Crippen MR) is 58.9 cm³/mol. The maximum Gasteiger partial charge on any atom is 0.348 e. The number of carbonyl (C=O) groups is 1. The van der Waals surface area contributed by atoms with E-state index >= 15 is 0 Å². The van der Waals surface area contributed by atoms with E-state index in [0.29, 0.717) is 6.61 Å². The molecule has 0 aliphatic heterocycles. The van der Waals surface area contributed by atoms with E-state index in [-0.39, 0.29) is 5.97 Å². The molecular weight excluding hydrogens is 196 g/mol. The van der Waals surface area contributed by atoms with Crippen molar-refractivity contribution >= 4 is 17.3 Å². The first kappa shape index (κ1) is 11.2. The molecular formula is C11H16O2S. The summed E-state index contributed by atoms with van der Waals surface area (Å²) in [5.41, 5.74) is 1.13. The SMILES string of the molecule is CCCCc1ccsc1C(=O)OCC. The quantitative estimate of drug-likeness (QED) is 0.700. The summed E-state index contributed by atoms with van der Waals surface area (Å²) >= 11 is 1.47. The van der Waals surface area contributed by atoms with Crippen LogP contribution in [-0.2, 0) is 11.2 Å². The molecule has 1 aromatic heterocycles. The van der Waals surface area contributed by atoms with Crippen LogP contribution in [-0.4, -0.2) is 12.6 Å². The number of unbranched alkanes of at least 4 members (excludes halogenated alkanes) is 1. The van der Waals surface area contributed by atoms with Crippen molar-refractivity contribution in [3.8, 4) is 0 Å². The minimum atomic E-state index is -0.173. The second kappa shape index (κ2) is 5.81. The Labute approximate surface area is 88.9 Å². The molecule has 0 saturated carbocycles. The fourth-order valence-electron chi connectivity index (χ4n) is 1.28. The molecule has 0 aliphatic carbocycles. The lowest BCUT2D eigenvalue weighted by Crippen LogP contribution is -2.04. The van der Waals surface area contributed by atoms with Crippen LogP contribution in [0.15, 0.2) is 11.4 Å². The van der Waals surface area contributed by atoms with Crippen LogP contribution in [0, 0.1) is 0 Å². The average molecular weight is 212 g/mol. The van der Waals surface area contributed by atoms with Crippen molar-refractivity contribution in [3.63, 3.8) is 0 Å². The van der Waals surface area contributed by atoms with E-state index in [4.69, 9.17) is 4.74 Å². The monoisotopic (exact) mass is 212 g/mol. The lowest BCUT2D eigenvalue weighted by Gasteiger charge is -2.02. The Bertz CT molecular complexity index is 291. The topological polar surface area (TPSA) is 26.3 Å². The van der Waals surface area contributed by atoms with Crippen molar-refractivity contribution in [2.45, 2.75) is 33.1 Å². The summed E-state index contributed by atoms with van der Waals surface area (Å²) in [7, 11) is 0. The fourth-order valence-corrected chi connectivity index (χ4v) is 2.12. The minimum Gasteiger partial charge on any atom is -0.462 e. The van der Waals surface area contributed by atoms with Gasteiger partial charge in [0.05, 0.1) is 6.61 Å². The molecule has 1 rings (SSSR count). The normalized spacial score (nSPS) is 10.1. The summed E-state index contributed by atoms with van der Waals surface area (Å²) in [6.45, 7) is 4.43. The Kier molecular flexibility index (Phi) is 4.66. The summed E-state index contributed by atoms with van der Waals surface area (Å²) in [5, 5.41) is 1.96. The van der Waals surface area contributed by atoms with Crippen molar-refractivity contribution < 1.29 is 9.53 Å². The smallest absolute Gasteiger partial charge is 0.348 e. The maximum atomic E-state index is 11.5. The van der Waals surface area contributed by atoms with Crippen LogP contribution in [0.1, 0.15) is 41.9 Å². The zero-order valence-electron chi connectivity index (χ0n) is 8.71. The summed E-state index contributed by atoms with van der Waals surface area (Å²) < 4.78 is 4.98. The van der Waals surface area contributed by atoms with Gasteiger partial charge in [-0.2, -0.15) is 0 Å². The molecule has 0 fully saturated rings. The third-order valence-corrected chi connectivity index (χ3v) is 2.94. The molecule has 0 unspecified atom stereocenters. The number of hydrogen-bond acceptors (Lipinski definition) is 3. The second-order valence-electron chi connectivity index (χ2n) is 3.10. The first-order chi connectivity index (χ1) is 6.79. The molecule has 0 saturated heterocycles. The van der Waals surface area contributed by atoms with Crippen molar-refractivity contribution in [3.05, 3.63) is 21.9 Å². The molecule has 1 aromatic rings. The Balaban J connectivity index is 2.66. The lowest BCUT2D eigenvalue weighted by atomic mass is 10.1. The molecule has 0 spiro atoms. The van der Waals surface area contributed by atoms with Crippen molar-refractivity contribution in [2.24, 2.45) is 0 Å². The zero-order valence-corrected chi connectivity index (χ0v) is 9.52. The number of hydrogen-bond donors (Lipinski definition) is 0. The number of esters is 1. The molecule has 0 aromatic carbocycles. The summed E-state index contributed by atoms with van der Waals surface area (Å²) in [6.07, 6.45) is 3.26. The van der Waals surface area contributed by atoms with Crippen LogP contribution < -0.4 is 0 Å². The molecule has 0 aliphatic rings. The van der Waals surface area contributed by atoms with Crippen molar-refractivity contribution in [1.82, 2.24) is 0 Å². The molecule has 1 heterocycles. The van der Waals surface area contributed by atoms with E-state index in [1.807, 2.05) is 18.4 Å². The zero-order chi connectivity index (χ0) is 10.4. The van der Waals surface area contributed by atoms with E-state index in [0.717, 1.165) is 29.7 Å². The molecule has 0 N–H and O–H groups in total. The number of aryl methyl sites for hydroxylation is 1. The molecule has 0 radical (unpaired) electrons. The lowest BCUT2D eigenvalue weighted by molar-refractivity contribution is 0.0531. The summed E-state index contributed by atoms with van der Waals surface area (Å²) in [5.74, 6) is -0.173. The second-order valence-corrected chi connectivity index (χ2v) is 4.02. The van der Waals surface area contributed by atoms with Crippen LogP contribution in [0.4, 0.5) is 0 Å². The van der Waals surface area contributed by atoms with Gasteiger partial charge in [-0.15, -0.1) is 11.3 Å². The third-order valence-electron chi connectivity index (χ3n) is 2.01. The van der Waals surface area contributed by atoms with Gasteiger partial charge in [0.25, 0.3) is 0 Å². The van der Waals surface area contributed by atoms with E-state index in [1.165, 1.54) is 11.3 Å². The first-order valence-corrected chi connectivity index (χ1v) is 5.91. The van der Waals surface area contributed by atoms with Crippen LogP contribution >= 0.6 is 11.3 Å². The highest BCUT2D eigenvalue weighted by Gasteiger charge is 2.13. The standard InChI is InChI=1S/C11H16O2S/c1-3-5-6-9-7-8-14-10(9)11(12)13-4-2/h7-8H,3-6H2,1-2H3. The molecule has 2 nitrogen and oxygen atoms in total. The van der Waals surface area contributed by atoms with E-state index in [2.05, 4.69) is 6.92 Å². The number of carbonyl (C=O) groups excluding carboxylic acids is 1. The van der Waals surface area contributed by atoms with Crippen LogP contribution in [0.25, 0.3) is 0 Å². The van der Waals surface area contributed by atoms with Crippen molar-refractivity contribution in [2.75, 3.05) is 6.61 Å². The summed E-state index contributed by atoms with van der Waals surface area (Å²) in [6, 6.07) is 2.02. The van der Waals surface area contributed by atoms with Gasteiger partial charge in [-0.25, -0.2) is 4.79 Å². The van der Waals surface area contributed by atoms with Gasteiger partial charge in [0.15, 0.2) is 0 Å². The molecule has 0 atom stereocenters. The molecule has 0 amide bonds. The number of rotatable bonds is 5. The Hall–Kier alpha value is -0.830. The van der Waals surface area contributed by atoms with Gasteiger partial charge in [-0.05, 0) is 36.8 Å². The fraction of sp³-hybridized carbons (Fsp3) is 0.545. The Morgan fingerprint density at radius 1 is 1.50 bits per heavy atom. The molecule has 3 heteroatoms. The molecule has 78 valence electrons. The third kappa shape index (κ3) is 2.84. The first-order valence-electron chi connectivity index (χ1n) is 5.03. The predicted octanol–water partition coefficient (Wildman–Crippen LogP) is 3.27. The highest BCUT2D eigenvalue weighted by atomic mass is 32.1. The van der Waals surface area contributed by atoms with Gasteiger partial charge in [-0.3, -0.25) is 0 Å². The van der Waals surface area contributed by atoms with Gasteiger partial charge in [0.2, 0.25) is 0 Å². The van der Waals surface area contributed by atoms with Crippen LogP contribution in [0.3, 0.4) is 0 Å². The molecule has 0 bridgehead atoms. The van der Waals surface area contributed by atoms with Crippen molar-refractivity contribution in [1.29, 1.82) is 0 Å². The van der Waals surface area contributed by atoms with E-state index in [1.54, 1.807) is 0 Å². The molecule has 14 heavy (non-hydrogen) atoms. The van der Waals surface area contributed by atoms with Crippen LogP contribution in [0.2, 0.25) is 0 Å². The van der Waals surface area contributed by atoms with Crippen LogP contribution in [0.5, 0.6) is 0 Å². The maximum absolute atomic E-state index is 11.5. The van der Waals surface area contributed by atoms with Gasteiger partial charge in [0, 0.05) is 0 Å². The van der Waals surface area contributed by atoms with Gasteiger partial charge < -0.3 is 4.74 Å². The van der Waals surface area contributed by atoms with Gasteiger partial charge in [-0.1, -0.05) is 13.3 Å². The number of ether oxygens (including phenoxy) is 1. The highest BCUT2D eigenvalue weighted by Crippen LogP contribution is 2.19. The van der Waals surface area contributed by atoms with E-state index < -0.39 is 0 Å². The Morgan fingerprint density at radius 2 is 2.29 bits per heavy atom. The highest BCUT2D eigenvalue weighted by molar-refractivity contribution is 7.12. The summed E-state index contributed by atoms with van der Waals surface area (Å²) in [4.78, 5) is 12.3. The number of thiophene rings is 1. The average Bonchev–Trinajstić information content (AvgIpc) is 2.63. The Morgan fingerprint density at radius 3 is 2.93 bits per heavy atom. The van der Waals surface area contributed by atoms with E-state index in [9.17, 15) is 4.79 Å². The largest absolute Gasteiger partial charge is 0.462 e. The van der Waals surface area contributed by atoms with Gasteiger partial charge in [0.1, 0.15) is 4.88 Å².